The van der Waals surface area contributed by atoms with Crippen molar-refractivity contribution >= 4 is 21.8 Å². The number of hydrogen-bond donors (Lipinski definition) is 1. The maximum absolute atomic E-state index is 12.3. The van der Waals surface area contributed by atoms with Gasteiger partial charge >= 0.3 is 0 Å². The molecule has 0 spiro atoms. The van der Waals surface area contributed by atoms with Gasteiger partial charge in [-0.15, -0.1) is 0 Å². The number of alkyl halides is 1. The van der Waals surface area contributed by atoms with Crippen molar-refractivity contribution in [1.82, 2.24) is 9.88 Å². The van der Waals surface area contributed by atoms with Gasteiger partial charge in [-0.05, 0) is 13.0 Å². The highest BCUT2D eigenvalue weighted by atomic mass is 79.9. The lowest BCUT2D eigenvalue weighted by atomic mass is 10.2. The summed E-state index contributed by atoms with van der Waals surface area (Å²) in [6.07, 6.45) is 1.49. The highest BCUT2D eigenvalue weighted by molar-refractivity contribution is 9.09. The number of pyridine rings is 1. The van der Waals surface area contributed by atoms with Gasteiger partial charge in [0, 0.05) is 36.2 Å². The van der Waals surface area contributed by atoms with Crippen molar-refractivity contribution in [3.05, 3.63) is 34.2 Å². The number of aromatic amines is 1. The summed E-state index contributed by atoms with van der Waals surface area (Å²) >= 11 is 3.36. The Balaban J connectivity index is 2.15. The molecule has 1 aromatic rings. The standard InChI is InChI=1S/C12H15BrN2O3/c1-8-6-15(7-10(5-13)18-8)12(17)9-2-3-14-11(16)4-9/h2-4,8,10H,5-7H2,1H3,(H,14,16). The first-order valence-corrected chi connectivity index (χ1v) is 6.91. The van der Waals surface area contributed by atoms with Gasteiger partial charge < -0.3 is 14.6 Å². The predicted octanol–water partition coefficient (Wildman–Crippen LogP) is 0.999. The fourth-order valence-corrected chi connectivity index (χ4v) is 2.41. The molecule has 1 fully saturated rings. The maximum Gasteiger partial charge on any atom is 0.254 e. The summed E-state index contributed by atoms with van der Waals surface area (Å²) in [5, 5.41) is 0.691. The van der Waals surface area contributed by atoms with Crippen molar-refractivity contribution in [3.63, 3.8) is 0 Å². The quantitative estimate of drug-likeness (QED) is 0.828. The second kappa shape index (κ2) is 5.67. The number of halogens is 1. The molecule has 2 rings (SSSR count). The van der Waals surface area contributed by atoms with Crippen molar-refractivity contribution in [3.8, 4) is 0 Å². The summed E-state index contributed by atoms with van der Waals surface area (Å²) < 4.78 is 5.67. The predicted molar refractivity (Wildman–Crippen MR) is 71.1 cm³/mol. The Morgan fingerprint density at radius 1 is 1.61 bits per heavy atom. The number of aromatic nitrogens is 1. The number of carbonyl (C=O) groups is 1. The van der Waals surface area contributed by atoms with Gasteiger partial charge in [-0.1, -0.05) is 15.9 Å². The van der Waals surface area contributed by atoms with E-state index in [0.717, 1.165) is 0 Å². The summed E-state index contributed by atoms with van der Waals surface area (Å²) in [6, 6.07) is 2.94. The van der Waals surface area contributed by atoms with Crippen LogP contribution in [0.5, 0.6) is 0 Å². The van der Waals surface area contributed by atoms with Crippen molar-refractivity contribution in [2.75, 3.05) is 18.4 Å². The topological polar surface area (TPSA) is 62.4 Å². The lowest BCUT2D eigenvalue weighted by Gasteiger charge is -2.36. The molecule has 1 aromatic heterocycles. The van der Waals surface area contributed by atoms with Crippen molar-refractivity contribution < 1.29 is 9.53 Å². The van der Waals surface area contributed by atoms with Gasteiger partial charge in [0.25, 0.3) is 5.91 Å². The van der Waals surface area contributed by atoms with Gasteiger partial charge in [-0.3, -0.25) is 9.59 Å². The second-order valence-corrected chi connectivity index (χ2v) is 5.02. The minimum atomic E-state index is -0.265. The molecule has 0 saturated carbocycles. The van der Waals surface area contributed by atoms with Crippen LogP contribution in [-0.2, 0) is 4.74 Å². The smallest absolute Gasteiger partial charge is 0.254 e. The second-order valence-electron chi connectivity index (χ2n) is 4.37. The molecular weight excluding hydrogens is 300 g/mol. The van der Waals surface area contributed by atoms with Crippen LogP contribution in [0.4, 0.5) is 0 Å². The first kappa shape index (κ1) is 13.3. The van der Waals surface area contributed by atoms with Crippen LogP contribution in [-0.4, -0.2) is 46.4 Å². The third-order valence-corrected chi connectivity index (χ3v) is 3.53. The summed E-state index contributed by atoms with van der Waals surface area (Å²) in [5.41, 5.74) is 0.153. The number of nitrogens with one attached hydrogen (secondary N) is 1. The van der Waals surface area contributed by atoms with Gasteiger partial charge in [0.1, 0.15) is 0 Å². The van der Waals surface area contributed by atoms with E-state index in [0.29, 0.717) is 24.0 Å². The fraction of sp³-hybridized carbons (Fsp3) is 0.500. The SMILES string of the molecule is CC1CN(C(=O)c2cc[nH]c(=O)c2)CC(CBr)O1. The Morgan fingerprint density at radius 3 is 3.06 bits per heavy atom. The Labute approximate surface area is 113 Å². The van der Waals surface area contributed by atoms with Crippen LogP contribution in [0.3, 0.4) is 0 Å². The zero-order valence-corrected chi connectivity index (χ0v) is 11.6. The molecule has 2 atom stereocenters. The van der Waals surface area contributed by atoms with Crippen LogP contribution in [0.1, 0.15) is 17.3 Å². The molecule has 0 bridgehead atoms. The molecule has 1 aliphatic heterocycles. The van der Waals surface area contributed by atoms with E-state index in [1.54, 1.807) is 11.0 Å². The Hall–Kier alpha value is -1.14. The van der Waals surface area contributed by atoms with Gasteiger partial charge in [0.05, 0.1) is 12.2 Å². The number of ether oxygens (including phenoxy) is 1. The average Bonchev–Trinajstić information content (AvgIpc) is 2.37. The molecule has 0 aromatic carbocycles. The normalized spacial score (nSPS) is 24.0. The Morgan fingerprint density at radius 2 is 2.39 bits per heavy atom. The van der Waals surface area contributed by atoms with Crippen molar-refractivity contribution in [2.45, 2.75) is 19.1 Å². The van der Waals surface area contributed by atoms with Gasteiger partial charge in [0.2, 0.25) is 5.56 Å². The molecule has 0 radical (unpaired) electrons. The van der Waals surface area contributed by atoms with Crippen molar-refractivity contribution in [1.29, 1.82) is 0 Å². The largest absolute Gasteiger partial charge is 0.371 e. The molecule has 1 saturated heterocycles. The minimum absolute atomic E-state index is 0.000281. The van der Waals surface area contributed by atoms with Crippen LogP contribution in [0.25, 0.3) is 0 Å². The number of H-pyrrole nitrogens is 1. The zero-order chi connectivity index (χ0) is 13.1. The molecule has 0 aliphatic carbocycles. The zero-order valence-electron chi connectivity index (χ0n) is 10.1. The molecular formula is C12H15BrN2O3. The number of carbonyl (C=O) groups excluding carboxylic acids is 1. The van der Waals surface area contributed by atoms with Crippen LogP contribution < -0.4 is 5.56 Å². The van der Waals surface area contributed by atoms with E-state index in [-0.39, 0.29) is 23.7 Å². The maximum atomic E-state index is 12.3. The lowest BCUT2D eigenvalue weighted by Crippen LogP contribution is -2.49. The van der Waals surface area contributed by atoms with Crippen LogP contribution >= 0.6 is 15.9 Å². The lowest BCUT2D eigenvalue weighted by molar-refractivity contribution is -0.0559. The molecule has 18 heavy (non-hydrogen) atoms. The van der Waals surface area contributed by atoms with Crippen LogP contribution in [0.15, 0.2) is 23.1 Å². The monoisotopic (exact) mass is 314 g/mol. The third-order valence-electron chi connectivity index (χ3n) is 2.81. The molecule has 98 valence electrons. The van der Waals surface area contributed by atoms with E-state index >= 15 is 0 Å². The highest BCUT2D eigenvalue weighted by Crippen LogP contribution is 2.15. The van der Waals surface area contributed by atoms with E-state index in [1.165, 1.54) is 12.3 Å². The molecule has 2 unspecified atom stereocenters. The Kier molecular flexibility index (Phi) is 4.19. The number of hydrogen-bond acceptors (Lipinski definition) is 3. The van der Waals surface area contributed by atoms with Gasteiger partial charge in [-0.25, -0.2) is 0 Å². The fourth-order valence-electron chi connectivity index (χ4n) is 2.06. The molecule has 1 N–H and O–H groups in total. The molecule has 2 heterocycles. The molecule has 5 nitrogen and oxygen atoms in total. The first-order chi connectivity index (χ1) is 8.60. The molecule has 1 aliphatic rings. The number of rotatable bonds is 2. The molecule has 1 amide bonds. The number of amides is 1. The first-order valence-electron chi connectivity index (χ1n) is 5.79. The number of nitrogens with zero attached hydrogens (tertiary/aromatic N) is 1. The summed E-state index contributed by atoms with van der Waals surface area (Å²) in [7, 11) is 0. The van der Waals surface area contributed by atoms with E-state index in [9.17, 15) is 9.59 Å². The van der Waals surface area contributed by atoms with Gasteiger partial charge in [0.15, 0.2) is 0 Å². The third kappa shape index (κ3) is 3.00. The summed E-state index contributed by atoms with van der Waals surface area (Å²) in [6.45, 7) is 3.03. The van der Waals surface area contributed by atoms with E-state index in [2.05, 4.69) is 20.9 Å². The van der Waals surface area contributed by atoms with Crippen LogP contribution in [0, 0.1) is 0 Å². The molecule has 6 heteroatoms. The van der Waals surface area contributed by atoms with E-state index in [1.807, 2.05) is 6.92 Å². The average molecular weight is 315 g/mol. The summed E-state index contributed by atoms with van der Waals surface area (Å²) in [5.74, 6) is -0.123. The number of morpholine rings is 1. The highest BCUT2D eigenvalue weighted by Gasteiger charge is 2.28. The van der Waals surface area contributed by atoms with Crippen molar-refractivity contribution in [2.24, 2.45) is 0 Å². The van der Waals surface area contributed by atoms with E-state index in [4.69, 9.17) is 4.74 Å². The van der Waals surface area contributed by atoms with Gasteiger partial charge in [-0.2, -0.15) is 0 Å². The summed E-state index contributed by atoms with van der Waals surface area (Å²) in [4.78, 5) is 27.7. The minimum Gasteiger partial charge on any atom is -0.371 e. The van der Waals surface area contributed by atoms with Crippen LogP contribution in [0.2, 0.25) is 0 Å². The van der Waals surface area contributed by atoms with E-state index < -0.39 is 0 Å². The Bertz CT molecular complexity index is 488.